The molecule has 0 radical (unpaired) electrons. The molecule has 9 heteroatoms. The second-order valence-electron chi connectivity index (χ2n) is 7.63. The van der Waals surface area contributed by atoms with Gasteiger partial charge in [0, 0.05) is 19.3 Å². The minimum atomic E-state index is -0.350. The van der Waals surface area contributed by atoms with Gasteiger partial charge in [-0.15, -0.1) is 5.10 Å². The summed E-state index contributed by atoms with van der Waals surface area (Å²) in [7, 11) is 0. The molecule has 0 spiro atoms. The Kier molecular flexibility index (Phi) is 5.75. The largest absolute Gasteiger partial charge is 0.350 e. The maximum Gasteiger partial charge on any atom is 0.276 e. The zero-order valence-corrected chi connectivity index (χ0v) is 17.4. The van der Waals surface area contributed by atoms with E-state index in [9.17, 15) is 14.0 Å². The molecule has 2 amide bonds. The van der Waals surface area contributed by atoms with E-state index in [1.807, 2.05) is 19.1 Å². The molecule has 2 aromatic heterocycles. The van der Waals surface area contributed by atoms with E-state index in [4.69, 9.17) is 0 Å². The van der Waals surface area contributed by atoms with E-state index in [1.54, 1.807) is 30.2 Å². The van der Waals surface area contributed by atoms with Crippen molar-refractivity contribution in [3.63, 3.8) is 0 Å². The van der Waals surface area contributed by atoms with Crippen LogP contribution in [0.25, 0.3) is 5.69 Å². The molecule has 160 valence electrons. The molecule has 0 bridgehead atoms. The molecule has 1 aliphatic rings. The molecule has 1 aliphatic heterocycles. The lowest BCUT2D eigenvalue weighted by molar-refractivity contribution is -0.124. The van der Waals surface area contributed by atoms with Crippen LogP contribution >= 0.6 is 0 Å². The van der Waals surface area contributed by atoms with Gasteiger partial charge in [-0.25, -0.2) is 9.07 Å². The number of benzene rings is 1. The number of carbonyl (C=O) groups is 2. The van der Waals surface area contributed by atoms with Gasteiger partial charge in [-0.2, -0.15) is 0 Å². The standard InChI is InChI=1S/C22H23FN6O2/c1-14-4-3-10-24-19(14)12-25-21(30)16-9-11-28(13-16)22(31)20-15(2)29(27-26-20)18-7-5-17(23)6-8-18/h3-8,10,16H,9,11-13H2,1-2H3,(H,25,30). The van der Waals surface area contributed by atoms with E-state index in [-0.39, 0.29) is 29.2 Å². The molecule has 1 atom stereocenters. The number of amides is 2. The molecule has 0 aliphatic carbocycles. The Hall–Kier alpha value is -3.62. The van der Waals surface area contributed by atoms with E-state index in [0.29, 0.717) is 37.4 Å². The number of hydrogen-bond acceptors (Lipinski definition) is 5. The van der Waals surface area contributed by atoms with Gasteiger partial charge in [0.1, 0.15) is 5.82 Å². The summed E-state index contributed by atoms with van der Waals surface area (Å²) in [6.45, 7) is 4.86. The highest BCUT2D eigenvalue weighted by Gasteiger charge is 2.33. The van der Waals surface area contributed by atoms with Crippen LogP contribution in [0.15, 0.2) is 42.6 Å². The highest BCUT2D eigenvalue weighted by Crippen LogP contribution is 2.21. The second-order valence-corrected chi connectivity index (χ2v) is 7.63. The van der Waals surface area contributed by atoms with Gasteiger partial charge in [0.25, 0.3) is 5.91 Å². The summed E-state index contributed by atoms with van der Waals surface area (Å²) in [6.07, 6.45) is 2.29. The molecule has 4 rings (SSSR count). The quantitative estimate of drug-likeness (QED) is 0.681. The van der Waals surface area contributed by atoms with E-state index >= 15 is 0 Å². The van der Waals surface area contributed by atoms with Crippen molar-refractivity contribution in [2.75, 3.05) is 13.1 Å². The summed E-state index contributed by atoms with van der Waals surface area (Å²) in [5.74, 6) is -0.980. The minimum absolute atomic E-state index is 0.0907. The predicted octanol–water partition coefficient (Wildman–Crippen LogP) is 2.20. The average molecular weight is 422 g/mol. The number of pyridine rings is 1. The third-order valence-corrected chi connectivity index (χ3v) is 5.56. The smallest absolute Gasteiger partial charge is 0.276 e. The molecule has 1 saturated heterocycles. The summed E-state index contributed by atoms with van der Waals surface area (Å²) in [6, 6.07) is 9.61. The van der Waals surface area contributed by atoms with Gasteiger partial charge in [-0.3, -0.25) is 14.6 Å². The van der Waals surface area contributed by atoms with Gasteiger partial charge in [-0.1, -0.05) is 11.3 Å². The molecule has 0 saturated carbocycles. The number of rotatable bonds is 5. The van der Waals surface area contributed by atoms with Crippen LogP contribution < -0.4 is 5.32 Å². The molecular formula is C22H23FN6O2. The van der Waals surface area contributed by atoms with Crippen LogP contribution in [-0.4, -0.2) is 49.8 Å². The van der Waals surface area contributed by atoms with Gasteiger partial charge < -0.3 is 10.2 Å². The lowest BCUT2D eigenvalue weighted by atomic mass is 10.1. The van der Waals surface area contributed by atoms with Crippen LogP contribution in [0, 0.1) is 25.6 Å². The third kappa shape index (κ3) is 4.30. The zero-order valence-electron chi connectivity index (χ0n) is 17.4. The number of nitrogens with zero attached hydrogens (tertiary/aromatic N) is 5. The summed E-state index contributed by atoms with van der Waals surface area (Å²) in [5, 5.41) is 11.0. The fourth-order valence-corrected chi connectivity index (χ4v) is 3.68. The van der Waals surface area contributed by atoms with Gasteiger partial charge in [0.2, 0.25) is 5.91 Å². The molecule has 31 heavy (non-hydrogen) atoms. The fourth-order valence-electron chi connectivity index (χ4n) is 3.68. The first kappa shape index (κ1) is 20.6. The number of halogens is 1. The Balaban J connectivity index is 1.39. The highest BCUT2D eigenvalue weighted by atomic mass is 19.1. The van der Waals surface area contributed by atoms with Crippen molar-refractivity contribution in [1.82, 2.24) is 30.2 Å². The highest BCUT2D eigenvalue weighted by molar-refractivity contribution is 5.94. The van der Waals surface area contributed by atoms with Crippen molar-refractivity contribution in [1.29, 1.82) is 0 Å². The number of aryl methyl sites for hydroxylation is 1. The molecule has 3 aromatic rings. The first-order chi connectivity index (χ1) is 14.9. The molecule has 8 nitrogen and oxygen atoms in total. The first-order valence-corrected chi connectivity index (χ1v) is 10.1. The molecule has 1 aromatic carbocycles. The number of hydrogen-bond donors (Lipinski definition) is 1. The lowest BCUT2D eigenvalue weighted by Crippen LogP contribution is -2.35. The van der Waals surface area contributed by atoms with Gasteiger partial charge >= 0.3 is 0 Å². The van der Waals surface area contributed by atoms with Gasteiger partial charge in [0.05, 0.1) is 29.5 Å². The molecule has 3 heterocycles. The molecular weight excluding hydrogens is 399 g/mol. The van der Waals surface area contributed by atoms with Crippen LogP contribution in [0.1, 0.15) is 33.9 Å². The Morgan fingerprint density at radius 3 is 2.71 bits per heavy atom. The van der Waals surface area contributed by atoms with Gasteiger partial charge in [0.15, 0.2) is 5.69 Å². The van der Waals surface area contributed by atoms with Crippen molar-refractivity contribution in [3.05, 3.63) is 71.1 Å². The summed E-state index contributed by atoms with van der Waals surface area (Å²) in [5.41, 5.74) is 3.26. The SMILES string of the molecule is Cc1cccnc1CNC(=O)C1CCN(C(=O)c2nnn(-c3ccc(F)cc3)c2C)C1. The van der Waals surface area contributed by atoms with E-state index in [1.165, 1.54) is 16.8 Å². The van der Waals surface area contributed by atoms with Crippen molar-refractivity contribution < 1.29 is 14.0 Å². The van der Waals surface area contributed by atoms with Crippen LogP contribution in [0.5, 0.6) is 0 Å². The Morgan fingerprint density at radius 1 is 1.19 bits per heavy atom. The summed E-state index contributed by atoms with van der Waals surface area (Å²) >= 11 is 0. The number of nitrogens with one attached hydrogen (secondary N) is 1. The van der Waals surface area contributed by atoms with Crippen LogP contribution in [0.3, 0.4) is 0 Å². The van der Waals surface area contributed by atoms with E-state index in [2.05, 4.69) is 20.6 Å². The van der Waals surface area contributed by atoms with Crippen LogP contribution in [-0.2, 0) is 11.3 Å². The Bertz CT molecular complexity index is 1110. The predicted molar refractivity (Wildman–Crippen MR) is 111 cm³/mol. The summed E-state index contributed by atoms with van der Waals surface area (Å²) in [4.78, 5) is 31.5. The second kappa shape index (κ2) is 8.63. The van der Waals surface area contributed by atoms with Crippen molar-refractivity contribution >= 4 is 11.8 Å². The van der Waals surface area contributed by atoms with E-state index in [0.717, 1.165) is 11.3 Å². The van der Waals surface area contributed by atoms with Crippen molar-refractivity contribution in [2.24, 2.45) is 5.92 Å². The third-order valence-electron chi connectivity index (χ3n) is 5.56. The monoisotopic (exact) mass is 422 g/mol. The first-order valence-electron chi connectivity index (χ1n) is 10.1. The van der Waals surface area contributed by atoms with Crippen molar-refractivity contribution in [2.45, 2.75) is 26.8 Å². The van der Waals surface area contributed by atoms with Crippen LogP contribution in [0.4, 0.5) is 4.39 Å². The number of aromatic nitrogens is 4. The fraction of sp³-hybridized carbons (Fsp3) is 0.318. The topological polar surface area (TPSA) is 93.0 Å². The maximum atomic E-state index is 13.2. The number of likely N-dealkylation sites (tertiary alicyclic amines) is 1. The maximum absolute atomic E-state index is 13.2. The normalized spacial score (nSPS) is 15.8. The van der Waals surface area contributed by atoms with E-state index < -0.39 is 0 Å². The number of carbonyl (C=O) groups excluding carboxylic acids is 2. The van der Waals surface area contributed by atoms with Gasteiger partial charge in [-0.05, 0) is 56.2 Å². The lowest BCUT2D eigenvalue weighted by Gasteiger charge is -2.16. The Morgan fingerprint density at radius 2 is 1.97 bits per heavy atom. The Labute approximate surface area is 179 Å². The molecule has 1 unspecified atom stereocenters. The van der Waals surface area contributed by atoms with Crippen molar-refractivity contribution in [3.8, 4) is 5.69 Å². The van der Waals surface area contributed by atoms with Crippen LogP contribution in [0.2, 0.25) is 0 Å². The molecule has 1 fully saturated rings. The average Bonchev–Trinajstić information content (AvgIpc) is 3.41. The summed E-state index contributed by atoms with van der Waals surface area (Å²) < 4.78 is 14.7. The zero-order chi connectivity index (χ0) is 22.0. The molecule has 1 N–H and O–H groups in total. The minimum Gasteiger partial charge on any atom is -0.350 e.